The van der Waals surface area contributed by atoms with Crippen LogP contribution in [-0.2, 0) is 11.2 Å². The summed E-state index contributed by atoms with van der Waals surface area (Å²) in [5.74, 6) is -0.332. The number of carbonyl (C=O) groups is 2. The number of fused-ring (bicyclic) bond motifs is 1. The summed E-state index contributed by atoms with van der Waals surface area (Å²) in [6.45, 7) is 3.95. The van der Waals surface area contributed by atoms with Gasteiger partial charge >= 0.3 is 5.97 Å². The first-order valence-corrected chi connectivity index (χ1v) is 13.8. The van der Waals surface area contributed by atoms with Crippen LogP contribution in [0.4, 0.5) is 0 Å². The molecule has 5 heteroatoms. The van der Waals surface area contributed by atoms with Crippen LogP contribution in [0, 0.1) is 6.92 Å². The van der Waals surface area contributed by atoms with Crippen LogP contribution in [0.1, 0.15) is 74.3 Å². The van der Waals surface area contributed by atoms with Gasteiger partial charge in [-0.15, -0.1) is 0 Å². The van der Waals surface area contributed by atoms with Gasteiger partial charge in [0.15, 0.2) is 0 Å². The van der Waals surface area contributed by atoms with Crippen LogP contribution in [0.2, 0.25) is 0 Å². The molecule has 1 heterocycles. The Labute approximate surface area is 233 Å². The first-order valence-electron chi connectivity index (χ1n) is 13.8. The number of aromatic nitrogens is 1. The number of methoxy groups -OCH3 is 1. The molecule has 1 aromatic carbocycles. The lowest BCUT2D eigenvalue weighted by molar-refractivity contribution is -0.136. The van der Waals surface area contributed by atoms with E-state index in [0.717, 1.165) is 49.4 Å². The Morgan fingerprint density at radius 3 is 1.82 bits per heavy atom. The van der Waals surface area contributed by atoms with Crippen LogP contribution in [-0.4, -0.2) is 28.7 Å². The van der Waals surface area contributed by atoms with Crippen LogP contribution < -0.4 is 4.74 Å². The van der Waals surface area contributed by atoms with Crippen molar-refractivity contribution in [1.82, 2.24) is 4.57 Å². The highest BCUT2D eigenvalue weighted by molar-refractivity contribution is 5.98. The van der Waals surface area contributed by atoms with Gasteiger partial charge in [-0.1, -0.05) is 79.8 Å². The SMILES string of the molecule is CC/C=C/C/C=C/C/C=C/C/C=C/C/C=C/C/C=C/CCC(=O)n1c(C)c(CC(=O)O)c2cc(OC)ccc21. The summed E-state index contributed by atoms with van der Waals surface area (Å²) in [6, 6.07) is 5.42. The summed E-state index contributed by atoms with van der Waals surface area (Å²) in [6.07, 6.45) is 32.5. The lowest BCUT2D eigenvalue weighted by Gasteiger charge is -2.06. The van der Waals surface area contributed by atoms with E-state index in [4.69, 9.17) is 4.74 Å². The Morgan fingerprint density at radius 2 is 1.33 bits per heavy atom. The van der Waals surface area contributed by atoms with Crippen molar-refractivity contribution in [2.24, 2.45) is 0 Å². The first-order chi connectivity index (χ1) is 19.0. The molecule has 39 heavy (non-hydrogen) atoms. The monoisotopic (exact) mass is 529 g/mol. The maximum Gasteiger partial charge on any atom is 0.307 e. The van der Waals surface area contributed by atoms with Crippen molar-refractivity contribution in [3.8, 4) is 5.75 Å². The fourth-order valence-electron chi connectivity index (χ4n) is 4.24. The smallest absolute Gasteiger partial charge is 0.307 e. The number of aliphatic carboxylic acids is 1. The van der Waals surface area contributed by atoms with E-state index in [9.17, 15) is 14.7 Å². The minimum absolute atomic E-state index is 0.0427. The second-order valence-electron chi connectivity index (χ2n) is 9.20. The molecular formula is C34H43NO4. The molecule has 0 aliphatic heterocycles. The van der Waals surface area contributed by atoms with Crippen molar-refractivity contribution in [1.29, 1.82) is 0 Å². The molecule has 0 aliphatic rings. The van der Waals surface area contributed by atoms with Gasteiger partial charge in [-0.3, -0.25) is 14.2 Å². The third-order valence-corrected chi connectivity index (χ3v) is 6.24. The van der Waals surface area contributed by atoms with Crippen molar-refractivity contribution in [3.63, 3.8) is 0 Å². The number of benzene rings is 1. The number of hydrogen-bond donors (Lipinski definition) is 1. The van der Waals surface area contributed by atoms with Crippen LogP contribution in [0.5, 0.6) is 5.75 Å². The molecule has 2 aromatic rings. The number of rotatable bonds is 17. The van der Waals surface area contributed by atoms with Gasteiger partial charge in [0, 0.05) is 17.5 Å². The van der Waals surface area contributed by atoms with Crippen molar-refractivity contribution in [3.05, 3.63) is 102 Å². The molecule has 0 atom stereocenters. The van der Waals surface area contributed by atoms with Crippen molar-refractivity contribution in [2.75, 3.05) is 7.11 Å². The van der Waals surface area contributed by atoms with Crippen LogP contribution in [0.15, 0.2) is 91.1 Å². The van der Waals surface area contributed by atoms with Crippen molar-refractivity contribution >= 4 is 22.8 Å². The molecule has 1 aromatic heterocycles. The second-order valence-corrected chi connectivity index (χ2v) is 9.20. The number of carbonyl (C=O) groups excluding carboxylic acids is 1. The van der Waals surface area contributed by atoms with Crippen molar-refractivity contribution < 1.29 is 19.4 Å². The quantitative estimate of drug-likeness (QED) is 0.208. The van der Waals surface area contributed by atoms with Gasteiger partial charge in [0.1, 0.15) is 5.75 Å². The van der Waals surface area contributed by atoms with E-state index >= 15 is 0 Å². The van der Waals surface area contributed by atoms with Crippen molar-refractivity contribution in [2.45, 2.75) is 71.6 Å². The average Bonchev–Trinajstić information content (AvgIpc) is 3.19. The molecule has 0 bridgehead atoms. The lowest BCUT2D eigenvalue weighted by atomic mass is 10.1. The topological polar surface area (TPSA) is 68.5 Å². The summed E-state index contributed by atoms with van der Waals surface area (Å²) in [7, 11) is 1.57. The highest BCUT2D eigenvalue weighted by Gasteiger charge is 2.20. The molecule has 2 rings (SSSR count). The number of hydrogen-bond acceptors (Lipinski definition) is 3. The number of nitrogens with zero attached hydrogens (tertiary/aromatic N) is 1. The zero-order valence-corrected chi connectivity index (χ0v) is 23.6. The summed E-state index contributed by atoms with van der Waals surface area (Å²) in [5, 5.41) is 10.1. The fraction of sp³-hybridized carbons (Fsp3) is 0.353. The van der Waals surface area contributed by atoms with E-state index in [1.54, 1.807) is 30.7 Å². The Hall–Kier alpha value is -3.86. The Bertz CT molecular complexity index is 1240. The Balaban J connectivity index is 1.73. The zero-order valence-electron chi connectivity index (χ0n) is 23.6. The zero-order chi connectivity index (χ0) is 28.3. The van der Waals surface area contributed by atoms with E-state index in [-0.39, 0.29) is 12.3 Å². The molecule has 0 unspecified atom stereocenters. The maximum absolute atomic E-state index is 13.0. The lowest BCUT2D eigenvalue weighted by Crippen LogP contribution is -2.12. The summed E-state index contributed by atoms with van der Waals surface area (Å²) >= 11 is 0. The van der Waals surface area contributed by atoms with E-state index in [1.165, 1.54) is 0 Å². The molecule has 0 radical (unpaired) electrons. The second kappa shape index (κ2) is 18.4. The molecule has 0 spiro atoms. The van der Waals surface area contributed by atoms with Gasteiger partial charge in [-0.2, -0.15) is 0 Å². The predicted octanol–water partition coefficient (Wildman–Crippen LogP) is 8.70. The standard InChI is InChI=1S/C34H43NO4/c1-4-5-6-7-8-9-10-11-12-13-14-15-16-17-18-19-20-21-22-23-33(36)35-28(2)30(27-34(37)38)31-26-29(39-3)24-25-32(31)35/h5-6,8-9,11-12,14-15,17-18,20-21,24-26H,4,7,10,13,16,19,22-23,27H2,1-3H3,(H,37,38)/b6-5+,9-8+,12-11+,15-14+,18-17+,21-20+. The Morgan fingerprint density at radius 1 is 0.821 bits per heavy atom. The van der Waals surface area contributed by atoms with Gasteiger partial charge in [-0.25, -0.2) is 0 Å². The van der Waals surface area contributed by atoms with Crippen LogP contribution in [0.3, 0.4) is 0 Å². The van der Waals surface area contributed by atoms with Gasteiger partial charge in [0.2, 0.25) is 5.91 Å². The molecule has 1 N–H and O–H groups in total. The Kier molecular flexibility index (Phi) is 14.8. The molecule has 0 fully saturated rings. The molecule has 208 valence electrons. The minimum Gasteiger partial charge on any atom is -0.497 e. The van der Waals surface area contributed by atoms with Crippen LogP contribution in [0.25, 0.3) is 10.9 Å². The summed E-state index contributed by atoms with van der Waals surface area (Å²) in [5.41, 5.74) is 2.05. The highest BCUT2D eigenvalue weighted by atomic mass is 16.5. The van der Waals surface area contributed by atoms with Gasteiger partial charge < -0.3 is 9.84 Å². The minimum atomic E-state index is -0.926. The van der Waals surface area contributed by atoms with E-state index in [1.807, 2.05) is 12.1 Å². The molecule has 0 saturated carbocycles. The number of allylic oxidation sites excluding steroid dienone is 12. The highest BCUT2D eigenvalue weighted by Crippen LogP contribution is 2.30. The van der Waals surface area contributed by atoms with Crippen LogP contribution >= 0.6 is 0 Å². The average molecular weight is 530 g/mol. The van der Waals surface area contributed by atoms with Gasteiger partial charge in [0.25, 0.3) is 0 Å². The number of carboxylic acids is 1. The fourth-order valence-corrected chi connectivity index (χ4v) is 4.24. The summed E-state index contributed by atoms with van der Waals surface area (Å²) in [4.78, 5) is 24.4. The number of carboxylic acid groups (broad SMARTS) is 1. The summed E-state index contributed by atoms with van der Waals surface area (Å²) < 4.78 is 6.94. The van der Waals surface area contributed by atoms with E-state index in [2.05, 4.69) is 73.8 Å². The van der Waals surface area contributed by atoms with Gasteiger partial charge in [0.05, 0.1) is 19.0 Å². The third-order valence-electron chi connectivity index (χ3n) is 6.24. The molecule has 0 amide bonds. The molecule has 0 aliphatic carbocycles. The third kappa shape index (κ3) is 11.2. The normalized spacial score (nSPS) is 12.6. The number of ether oxygens (including phenoxy) is 1. The molecule has 0 saturated heterocycles. The first kappa shape index (κ1) is 31.4. The largest absolute Gasteiger partial charge is 0.497 e. The molecule has 5 nitrogen and oxygen atoms in total. The van der Waals surface area contributed by atoms with E-state index in [0.29, 0.717) is 29.8 Å². The maximum atomic E-state index is 13.0. The predicted molar refractivity (Wildman–Crippen MR) is 163 cm³/mol. The molecular weight excluding hydrogens is 486 g/mol. The van der Waals surface area contributed by atoms with E-state index < -0.39 is 5.97 Å². The van der Waals surface area contributed by atoms with Gasteiger partial charge in [-0.05, 0) is 75.6 Å².